The molecule has 35 heavy (non-hydrogen) atoms. The highest BCUT2D eigenvalue weighted by atomic mass is 19.4. The zero-order valence-corrected chi connectivity index (χ0v) is 19.4. The van der Waals surface area contributed by atoms with Crippen molar-refractivity contribution in [1.82, 2.24) is 20.2 Å². The number of halogens is 3. The van der Waals surface area contributed by atoms with Gasteiger partial charge in [0.15, 0.2) is 0 Å². The Balaban J connectivity index is 1.38. The highest BCUT2D eigenvalue weighted by Gasteiger charge is 2.45. The number of hydrogen-bond donors (Lipinski definition) is 2. The maximum atomic E-state index is 13.7. The molecule has 0 bridgehead atoms. The lowest BCUT2D eigenvalue weighted by Gasteiger charge is -2.33. The van der Waals surface area contributed by atoms with Gasteiger partial charge < -0.3 is 15.2 Å². The third kappa shape index (κ3) is 4.76. The van der Waals surface area contributed by atoms with Gasteiger partial charge in [0, 0.05) is 19.5 Å². The number of fused-ring (bicyclic) bond motifs is 1. The Bertz CT molecular complexity index is 1250. The minimum absolute atomic E-state index is 0.0107. The molecule has 2 N–H and O–H groups in total. The lowest BCUT2D eigenvalue weighted by molar-refractivity contribution is -0.136. The number of amides is 2. The second-order valence-corrected chi connectivity index (χ2v) is 9.75. The van der Waals surface area contributed by atoms with Crippen molar-refractivity contribution in [2.45, 2.75) is 51.2 Å². The summed E-state index contributed by atoms with van der Waals surface area (Å²) in [5.74, 6) is -0.468. The third-order valence-corrected chi connectivity index (χ3v) is 7.27. The van der Waals surface area contributed by atoms with Crippen molar-refractivity contribution in [3.63, 3.8) is 0 Å². The number of imidazole rings is 1. The topological polar surface area (TPSA) is 78.1 Å². The first-order chi connectivity index (χ1) is 16.7. The molecule has 9 heteroatoms. The van der Waals surface area contributed by atoms with Crippen LogP contribution in [0.15, 0.2) is 42.5 Å². The molecular formula is C26H27F3N4O2. The molecule has 1 aliphatic heterocycles. The highest BCUT2D eigenvalue weighted by Crippen LogP contribution is 2.53. The normalized spacial score (nSPS) is 18.0. The number of nitrogens with one attached hydrogen (secondary N) is 2. The zero-order chi connectivity index (χ0) is 24.8. The first kappa shape index (κ1) is 23.4. The monoisotopic (exact) mass is 484 g/mol. The Morgan fingerprint density at radius 2 is 1.77 bits per heavy atom. The standard InChI is InChI=1S/C26H27F3N4O2/c1-16(24(35)33-13-11-25(9-10-25)12-14-33)30-23(34)18-7-8-19(26(27,28)29)22-21(18)31-20(32-22)15-17-5-3-2-4-6-17/h2-8,16H,9-15H2,1H3,(H,30,34)(H,31,32)/t16-/m0/s1. The molecule has 2 heterocycles. The van der Waals surface area contributed by atoms with E-state index in [1.165, 1.54) is 12.8 Å². The molecule has 0 unspecified atom stereocenters. The molecule has 184 valence electrons. The number of likely N-dealkylation sites (tertiary alicyclic amines) is 1. The number of carbonyl (C=O) groups is 2. The number of carbonyl (C=O) groups excluding carboxylic acids is 2. The molecule has 1 aromatic heterocycles. The Kier molecular flexibility index (Phi) is 5.81. The maximum Gasteiger partial charge on any atom is 0.418 e. The van der Waals surface area contributed by atoms with Gasteiger partial charge in [-0.05, 0) is 55.7 Å². The summed E-state index contributed by atoms with van der Waals surface area (Å²) < 4.78 is 41.0. The van der Waals surface area contributed by atoms with Crippen molar-refractivity contribution in [1.29, 1.82) is 0 Å². The van der Waals surface area contributed by atoms with Crippen molar-refractivity contribution >= 4 is 22.8 Å². The van der Waals surface area contributed by atoms with Gasteiger partial charge in [-0.2, -0.15) is 13.2 Å². The molecule has 1 saturated carbocycles. The minimum atomic E-state index is -4.62. The van der Waals surface area contributed by atoms with E-state index < -0.39 is 23.7 Å². The number of piperidine rings is 1. The summed E-state index contributed by atoms with van der Waals surface area (Å²) in [6, 6.07) is 10.4. The van der Waals surface area contributed by atoms with Crippen LogP contribution in [0.3, 0.4) is 0 Å². The quantitative estimate of drug-likeness (QED) is 0.552. The van der Waals surface area contributed by atoms with Gasteiger partial charge in [0.05, 0.1) is 16.6 Å². The first-order valence-corrected chi connectivity index (χ1v) is 11.9. The van der Waals surface area contributed by atoms with Crippen molar-refractivity contribution < 1.29 is 22.8 Å². The molecule has 2 aromatic carbocycles. The first-order valence-electron chi connectivity index (χ1n) is 11.9. The van der Waals surface area contributed by atoms with E-state index in [0.29, 0.717) is 30.7 Å². The second kappa shape index (κ2) is 8.70. The summed E-state index contributed by atoms with van der Waals surface area (Å²) in [5.41, 5.74) is 0.117. The fourth-order valence-electron chi connectivity index (χ4n) is 4.92. The summed E-state index contributed by atoms with van der Waals surface area (Å²) in [5, 5.41) is 2.68. The van der Waals surface area contributed by atoms with Gasteiger partial charge in [-0.1, -0.05) is 30.3 Å². The molecule has 1 aliphatic carbocycles. The van der Waals surface area contributed by atoms with Crippen molar-refractivity contribution in [2.75, 3.05) is 13.1 Å². The molecule has 1 spiro atoms. The van der Waals surface area contributed by atoms with Crippen LogP contribution in [0.25, 0.3) is 11.0 Å². The van der Waals surface area contributed by atoms with Crippen LogP contribution in [-0.4, -0.2) is 45.8 Å². The van der Waals surface area contributed by atoms with E-state index in [9.17, 15) is 22.8 Å². The van der Waals surface area contributed by atoms with Gasteiger partial charge in [0.25, 0.3) is 5.91 Å². The summed E-state index contributed by atoms with van der Waals surface area (Å²) in [6.07, 6.45) is 0.0834. The molecule has 3 aromatic rings. The zero-order valence-electron chi connectivity index (χ0n) is 19.4. The number of H-pyrrole nitrogens is 1. The highest BCUT2D eigenvalue weighted by molar-refractivity contribution is 6.07. The Hall–Kier alpha value is -3.36. The average molecular weight is 485 g/mol. The fourth-order valence-corrected chi connectivity index (χ4v) is 4.92. The molecule has 2 aliphatic rings. The number of benzene rings is 2. The lowest BCUT2D eigenvalue weighted by Crippen LogP contribution is -2.49. The third-order valence-electron chi connectivity index (χ3n) is 7.27. The smallest absolute Gasteiger partial charge is 0.341 e. The van der Waals surface area contributed by atoms with Gasteiger partial charge in [-0.25, -0.2) is 4.98 Å². The van der Waals surface area contributed by atoms with Crippen molar-refractivity contribution in [3.8, 4) is 0 Å². The van der Waals surface area contributed by atoms with Crippen LogP contribution < -0.4 is 5.32 Å². The molecular weight excluding hydrogens is 457 g/mol. The van der Waals surface area contributed by atoms with Gasteiger partial charge in [0.2, 0.25) is 5.91 Å². The molecule has 2 fully saturated rings. The molecule has 6 nitrogen and oxygen atoms in total. The molecule has 5 rings (SSSR count). The van der Waals surface area contributed by atoms with Crippen LogP contribution in [0.4, 0.5) is 13.2 Å². The molecule has 0 radical (unpaired) electrons. The summed E-state index contributed by atoms with van der Waals surface area (Å²) in [4.78, 5) is 34.9. The van der Waals surface area contributed by atoms with Crippen LogP contribution in [-0.2, 0) is 17.4 Å². The van der Waals surface area contributed by atoms with Gasteiger partial charge in [-0.3, -0.25) is 9.59 Å². The Labute approximate surface area is 200 Å². The van der Waals surface area contributed by atoms with Crippen LogP contribution in [0.1, 0.15) is 59.9 Å². The predicted octanol–water partition coefficient (Wildman–Crippen LogP) is 4.69. The van der Waals surface area contributed by atoms with E-state index >= 15 is 0 Å². The van der Waals surface area contributed by atoms with E-state index in [2.05, 4.69) is 15.3 Å². The number of aromatic amines is 1. The van der Waals surface area contributed by atoms with E-state index in [4.69, 9.17) is 0 Å². The number of nitrogens with zero attached hydrogens (tertiary/aromatic N) is 2. The van der Waals surface area contributed by atoms with E-state index in [1.54, 1.807) is 11.8 Å². The van der Waals surface area contributed by atoms with Crippen molar-refractivity contribution in [3.05, 3.63) is 65.0 Å². The molecule has 2 amide bonds. The van der Waals surface area contributed by atoms with E-state index in [-0.39, 0.29) is 22.5 Å². The van der Waals surface area contributed by atoms with Crippen LogP contribution in [0.5, 0.6) is 0 Å². The van der Waals surface area contributed by atoms with E-state index in [0.717, 1.165) is 30.5 Å². The SMILES string of the molecule is C[C@H](NC(=O)c1ccc(C(F)(F)F)c2nc(Cc3ccccc3)[nH]c12)C(=O)N1CCC2(CC1)CC2. The van der Waals surface area contributed by atoms with Crippen LogP contribution in [0.2, 0.25) is 0 Å². The minimum Gasteiger partial charge on any atom is -0.341 e. The van der Waals surface area contributed by atoms with Gasteiger partial charge >= 0.3 is 6.18 Å². The van der Waals surface area contributed by atoms with Crippen molar-refractivity contribution in [2.24, 2.45) is 5.41 Å². The maximum absolute atomic E-state index is 13.7. The Morgan fingerprint density at radius 3 is 2.40 bits per heavy atom. The largest absolute Gasteiger partial charge is 0.418 e. The summed E-state index contributed by atoms with van der Waals surface area (Å²) >= 11 is 0. The number of alkyl halides is 3. The predicted molar refractivity (Wildman–Crippen MR) is 125 cm³/mol. The summed E-state index contributed by atoms with van der Waals surface area (Å²) in [6.45, 7) is 2.96. The van der Waals surface area contributed by atoms with Gasteiger partial charge in [-0.15, -0.1) is 0 Å². The van der Waals surface area contributed by atoms with Crippen LogP contribution >= 0.6 is 0 Å². The molecule has 1 atom stereocenters. The number of rotatable bonds is 5. The number of hydrogen-bond acceptors (Lipinski definition) is 3. The Morgan fingerprint density at radius 1 is 1.09 bits per heavy atom. The number of aromatic nitrogens is 2. The summed E-state index contributed by atoms with van der Waals surface area (Å²) in [7, 11) is 0. The second-order valence-electron chi connectivity index (χ2n) is 9.75. The van der Waals surface area contributed by atoms with Crippen LogP contribution in [0, 0.1) is 5.41 Å². The fraction of sp³-hybridized carbons (Fsp3) is 0.423. The average Bonchev–Trinajstić information content (AvgIpc) is 3.44. The van der Waals surface area contributed by atoms with Gasteiger partial charge in [0.1, 0.15) is 17.4 Å². The lowest BCUT2D eigenvalue weighted by atomic mass is 9.93. The van der Waals surface area contributed by atoms with E-state index in [1.807, 2.05) is 30.3 Å². The molecule has 1 saturated heterocycles.